The summed E-state index contributed by atoms with van der Waals surface area (Å²) in [6, 6.07) is 2.52. The summed E-state index contributed by atoms with van der Waals surface area (Å²) < 4.78 is 32.1. The van der Waals surface area contributed by atoms with Crippen molar-refractivity contribution in [2.75, 3.05) is 19.0 Å². The summed E-state index contributed by atoms with van der Waals surface area (Å²) in [6.07, 6.45) is 0. The van der Waals surface area contributed by atoms with Crippen LogP contribution in [-0.4, -0.2) is 24.9 Å². The lowest BCUT2D eigenvalue weighted by atomic mass is 10.2. The number of methoxy groups -OCH3 is 1. The van der Waals surface area contributed by atoms with E-state index in [0.29, 0.717) is 12.2 Å². The molecule has 18 heavy (non-hydrogen) atoms. The Morgan fingerprint density at radius 1 is 1.44 bits per heavy atom. The number of thiocarbonyl (C=S) groups is 1. The lowest BCUT2D eigenvalue weighted by Gasteiger charge is -2.17. The molecule has 0 spiro atoms. The van der Waals surface area contributed by atoms with Crippen molar-refractivity contribution in [3.05, 3.63) is 29.3 Å². The third-order valence-electron chi connectivity index (χ3n) is 2.32. The first-order valence-corrected chi connectivity index (χ1v) is 5.87. The Labute approximate surface area is 111 Å². The molecule has 0 heterocycles. The van der Waals surface area contributed by atoms with E-state index in [2.05, 4.69) is 10.6 Å². The number of halogens is 2. The molecule has 6 heteroatoms. The van der Waals surface area contributed by atoms with Crippen molar-refractivity contribution in [1.29, 1.82) is 0 Å². The fourth-order valence-corrected chi connectivity index (χ4v) is 1.74. The van der Waals surface area contributed by atoms with Crippen LogP contribution in [0.25, 0.3) is 0 Å². The van der Waals surface area contributed by atoms with Crippen LogP contribution in [0.15, 0.2) is 12.1 Å². The lowest BCUT2D eigenvalue weighted by molar-refractivity contribution is 0.179. The monoisotopic (exact) mass is 274 g/mol. The average Bonchev–Trinajstić information content (AvgIpc) is 2.30. The highest BCUT2D eigenvalue weighted by molar-refractivity contribution is 7.80. The molecule has 2 N–H and O–H groups in total. The first kappa shape index (κ1) is 14.8. The van der Waals surface area contributed by atoms with E-state index < -0.39 is 11.6 Å². The molecule has 0 aromatic heterocycles. The maximum absolute atomic E-state index is 13.7. The molecule has 0 aliphatic rings. The molecule has 0 bridgehead atoms. The Kier molecular flexibility index (Phi) is 5.43. The van der Waals surface area contributed by atoms with Crippen molar-refractivity contribution < 1.29 is 13.5 Å². The van der Waals surface area contributed by atoms with Crippen molar-refractivity contribution in [2.45, 2.75) is 19.9 Å². The Morgan fingerprint density at radius 2 is 2.11 bits per heavy atom. The van der Waals surface area contributed by atoms with Crippen LogP contribution in [0.5, 0.6) is 0 Å². The first-order valence-electron chi connectivity index (χ1n) is 5.46. The van der Waals surface area contributed by atoms with Crippen LogP contribution in [0.4, 0.5) is 14.5 Å². The Hall–Kier alpha value is -1.27. The van der Waals surface area contributed by atoms with E-state index in [1.807, 2.05) is 6.92 Å². The molecule has 1 unspecified atom stereocenters. The summed E-state index contributed by atoms with van der Waals surface area (Å²) in [5.41, 5.74) is 0.115. The van der Waals surface area contributed by atoms with Gasteiger partial charge in [-0.25, -0.2) is 8.78 Å². The second-order valence-electron chi connectivity index (χ2n) is 4.01. The van der Waals surface area contributed by atoms with Crippen LogP contribution in [0.1, 0.15) is 12.5 Å². The van der Waals surface area contributed by atoms with Crippen LogP contribution in [0, 0.1) is 18.6 Å². The number of rotatable bonds is 4. The molecule has 3 nitrogen and oxygen atoms in total. The van der Waals surface area contributed by atoms with Gasteiger partial charge < -0.3 is 15.4 Å². The second-order valence-corrected chi connectivity index (χ2v) is 4.42. The van der Waals surface area contributed by atoms with Crippen LogP contribution in [0.2, 0.25) is 0 Å². The number of hydrogen-bond acceptors (Lipinski definition) is 2. The van der Waals surface area contributed by atoms with E-state index in [1.54, 1.807) is 14.0 Å². The van der Waals surface area contributed by atoms with Gasteiger partial charge in [-0.1, -0.05) is 6.07 Å². The summed E-state index contributed by atoms with van der Waals surface area (Å²) in [4.78, 5) is 0. The number of nitrogens with one attached hydrogen (secondary N) is 2. The highest BCUT2D eigenvalue weighted by Crippen LogP contribution is 2.21. The maximum Gasteiger partial charge on any atom is 0.171 e. The molecule has 1 aromatic rings. The highest BCUT2D eigenvalue weighted by atomic mass is 32.1. The van der Waals surface area contributed by atoms with E-state index in [-0.39, 0.29) is 16.8 Å². The van der Waals surface area contributed by atoms with Crippen LogP contribution in [0.3, 0.4) is 0 Å². The standard InChI is InChI=1S/C12H16F2N2OS/c1-7-4-5-9(13)11(10(7)14)16-12(18)15-8(2)6-17-3/h4-5,8H,6H2,1-3H3,(H2,15,16,18). The summed E-state index contributed by atoms with van der Waals surface area (Å²) in [6.45, 7) is 3.85. The van der Waals surface area contributed by atoms with E-state index in [4.69, 9.17) is 17.0 Å². The highest BCUT2D eigenvalue weighted by Gasteiger charge is 2.13. The zero-order chi connectivity index (χ0) is 13.7. The molecular weight excluding hydrogens is 258 g/mol. The van der Waals surface area contributed by atoms with Crippen molar-refractivity contribution in [3.63, 3.8) is 0 Å². The van der Waals surface area contributed by atoms with Gasteiger partial charge in [-0.2, -0.15) is 0 Å². The lowest BCUT2D eigenvalue weighted by Crippen LogP contribution is -2.38. The topological polar surface area (TPSA) is 33.3 Å². The van der Waals surface area contributed by atoms with Crippen molar-refractivity contribution in [3.8, 4) is 0 Å². The zero-order valence-electron chi connectivity index (χ0n) is 10.5. The van der Waals surface area contributed by atoms with Crippen LogP contribution in [-0.2, 0) is 4.74 Å². The molecule has 0 saturated heterocycles. The van der Waals surface area contributed by atoms with Gasteiger partial charge in [0.25, 0.3) is 0 Å². The van der Waals surface area contributed by atoms with Crippen LogP contribution >= 0.6 is 12.2 Å². The van der Waals surface area contributed by atoms with Crippen LogP contribution < -0.4 is 10.6 Å². The van der Waals surface area contributed by atoms with E-state index in [9.17, 15) is 8.78 Å². The van der Waals surface area contributed by atoms with Gasteiger partial charge in [-0.05, 0) is 37.7 Å². The number of benzene rings is 1. The first-order chi connectivity index (χ1) is 8.45. The molecule has 0 amide bonds. The van der Waals surface area contributed by atoms with E-state index >= 15 is 0 Å². The predicted molar refractivity (Wildman–Crippen MR) is 71.8 cm³/mol. The number of ether oxygens (including phenoxy) is 1. The average molecular weight is 274 g/mol. The third-order valence-corrected chi connectivity index (χ3v) is 2.54. The van der Waals surface area contributed by atoms with Gasteiger partial charge in [-0.3, -0.25) is 0 Å². The molecule has 0 fully saturated rings. The molecule has 100 valence electrons. The molecule has 0 aliphatic heterocycles. The van der Waals surface area contributed by atoms with Crippen molar-refractivity contribution in [1.82, 2.24) is 5.32 Å². The van der Waals surface area contributed by atoms with Gasteiger partial charge >= 0.3 is 0 Å². The summed E-state index contributed by atoms with van der Waals surface area (Å²) in [5.74, 6) is -1.32. The normalized spacial score (nSPS) is 12.1. The maximum atomic E-state index is 13.7. The van der Waals surface area contributed by atoms with Gasteiger partial charge in [0.1, 0.15) is 11.5 Å². The minimum Gasteiger partial charge on any atom is -0.383 e. The largest absolute Gasteiger partial charge is 0.383 e. The minimum absolute atomic E-state index is 0.0501. The molecular formula is C12H16F2N2OS. The molecule has 1 atom stereocenters. The fourth-order valence-electron chi connectivity index (χ4n) is 1.44. The number of aryl methyl sites for hydroxylation is 1. The summed E-state index contributed by atoms with van der Waals surface area (Å²) >= 11 is 4.98. The van der Waals surface area contributed by atoms with Crippen molar-refractivity contribution >= 4 is 23.0 Å². The summed E-state index contributed by atoms with van der Waals surface area (Å²) in [5, 5.41) is 5.54. The predicted octanol–water partition coefficient (Wildman–Crippen LogP) is 2.59. The Morgan fingerprint density at radius 3 is 2.72 bits per heavy atom. The smallest absolute Gasteiger partial charge is 0.171 e. The quantitative estimate of drug-likeness (QED) is 0.827. The van der Waals surface area contributed by atoms with Gasteiger partial charge in [0, 0.05) is 13.2 Å². The molecule has 1 rings (SSSR count). The van der Waals surface area contributed by atoms with Gasteiger partial charge in [0.15, 0.2) is 10.9 Å². The third kappa shape index (κ3) is 3.89. The SMILES string of the molecule is COCC(C)NC(=S)Nc1c(F)ccc(C)c1F. The van der Waals surface area contributed by atoms with Gasteiger partial charge in [0.05, 0.1) is 6.61 Å². The zero-order valence-corrected chi connectivity index (χ0v) is 11.3. The van der Waals surface area contributed by atoms with E-state index in [0.717, 1.165) is 0 Å². The Balaban J connectivity index is 2.73. The summed E-state index contributed by atoms with van der Waals surface area (Å²) in [7, 11) is 1.56. The molecule has 0 saturated carbocycles. The van der Waals surface area contributed by atoms with E-state index in [1.165, 1.54) is 12.1 Å². The molecule has 0 aliphatic carbocycles. The number of hydrogen-bond donors (Lipinski definition) is 2. The van der Waals surface area contributed by atoms with Gasteiger partial charge in [0.2, 0.25) is 0 Å². The molecule has 0 radical (unpaired) electrons. The second kappa shape index (κ2) is 6.61. The molecule has 1 aromatic carbocycles. The number of anilines is 1. The van der Waals surface area contributed by atoms with Crippen molar-refractivity contribution in [2.24, 2.45) is 0 Å². The fraction of sp³-hybridized carbons (Fsp3) is 0.417. The van der Waals surface area contributed by atoms with Gasteiger partial charge in [-0.15, -0.1) is 0 Å². The minimum atomic E-state index is -0.679. The Bertz CT molecular complexity index is 440.